The summed E-state index contributed by atoms with van der Waals surface area (Å²) in [5, 5.41) is 0.166. The highest BCUT2D eigenvalue weighted by molar-refractivity contribution is 6.53. The number of halogens is 3. The minimum absolute atomic E-state index is 0.135. The predicted molar refractivity (Wildman–Crippen MR) is 95.5 cm³/mol. The number of hydrogen-bond acceptors (Lipinski definition) is 4. The van der Waals surface area contributed by atoms with Gasteiger partial charge in [-0.25, -0.2) is 4.90 Å². The molecule has 0 N–H and O–H groups in total. The van der Waals surface area contributed by atoms with Crippen LogP contribution in [0, 0.1) is 0 Å². The van der Waals surface area contributed by atoms with Gasteiger partial charge >= 0.3 is 5.91 Å². The van der Waals surface area contributed by atoms with E-state index in [-0.39, 0.29) is 21.5 Å². The Morgan fingerprint density at radius 1 is 0.880 bits per heavy atom. The molecule has 0 aromatic heterocycles. The fourth-order valence-corrected chi connectivity index (χ4v) is 2.78. The predicted octanol–water partition coefficient (Wildman–Crippen LogP) is 4.40. The fraction of sp³-hybridized carbons (Fsp3) is 0.0588. The van der Waals surface area contributed by atoms with E-state index in [4.69, 9.17) is 44.3 Å². The molecule has 2 aromatic rings. The number of anilines is 1. The van der Waals surface area contributed by atoms with Crippen LogP contribution in [0.3, 0.4) is 0 Å². The Labute approximate surface area is 158 Å². The number of nitrogens with zero attached hydrogens (tertiary/aromatic N) is 1. The van der Waals surface area contributed by atoms with E-state index in [1.54, 1.807) is 30.3 Å². The minimum Gasteiger partial charge on any atom is -0.497 e. The van der Waals surface area contributed by atoms with Gasteiger partial charge in [0.2, 0.25) is 5.76 Å². The van der Waals surface area contributed by atoms with Crippen molar-refractivity contribution in [1.82, 2.24) is 0 Å². The van der Waals surface area contributed by atoms with Crippen LogP contribution in [0.2, 0.25) is 10.0 Å². The first-order chi connectivity index (χ1) is 11.9. The maximum Gasteiger partial charge on any atom is 0.302 e. The van der Waals surface area contributed by atoms with Crippen LogP contribution in [0.25, 0.3) is 0 Å². The lowest BCUT2D eigenvalue weighted by Crippen LogP contribution is -2.32. The molecule has 128 valence electrons. The molecule has 0 aliphatic carbocycles. The Bertz CT molecular complexity index is 893. The molecular formula is C17H10Cl3NO4. The maximum atomic E-state index is 12.6. The molecule has 1 aliphatic rings. The largest absolute Gasteiger partial charge is 0.497 e. The lowest BCUT2D eigenvalue weighted by molar-refractivity contribution is -0.121. The SMILES string of the molecule is COc1ccc(OC2=C(Cl)C(=O)N(c3cc(Cl)ccc3Cl)C2=O)cc1. The lowest BCUT2D eigenvalue weighted by Gasteiger charge is -2.16. The Kier molecular flexibility index (Phi) is 4.90. The van der Waals surface area contributed by atoms with Gasteiger partial charge in [0.1, 0.15) is 11.5 Å². The van der Waals surface area contributed by atoms with Gasteiger partial charge in [0.15, 0.2) is 5.03 Å². The molecule has 0 saturated carbocycles. The molecule has 25 heavy (non-hydrogen) atoms. The second kappa shape index (κ2) is 6.96. The van der Waals surface area contributed by atoms with Gasteiger partial charge < -0.3 is 9.47 Å². The van der Waals surface area contributed by atoms with E-state index in [9.17, 15) is 9.59 Å². The molecule has 0 unspecified atom stereocenters. The average molecular weight is 399 g/mol. The van der Waals surface area contributed by atoms with Gasteiger partial charge in [-0.05, 0) is 42.5 Å². The van der Waals surface area contributed by atoms with Gasteiger partial charge in [-0.3, -0.25) is 9.59 Å². The van der Waals surface area contributed by atoms with Crippen LogP contribution in [0.5, 0.6) is 11.5 Å². The van der Waals surface area contributed by atoms with Crippen LogP contribution in [-0.4, -0.2) is 18.9 Å². The fourth-order valence-electron chi connectivity index (χ4n) is 2.21. The van der Waals surface area contributed by atoms with Crippen molar-refractivity contribution in [1.29, 1.82) is 0 Å². The summed E-state index contributed by atoms with van der Waals surface area (Å²) in [6, 6.07) is 10.9. The molecule has 3 rings (SSSR count). The third-order valence-corrected chi connectivity index (χ3v) is 4.30. The number of methoxy groups -OCH3 is 1. The van der Waals surface area contributed by atoms with Crippen molar-refractivity contribution in [2.24, 2.45) is 0 Å². The van der Waals surface area contributed by atoms with Crippen molar-refractivity contribution in [3.05, 3.63) is 63.3 Å². The quantitative estimate of drug-likeness (QED) is 0.716. The molecule has 5 nitrogen and oxygen atoms in total. The zero-order valence-corrected chi connectivity index (χ0v) is 15.0. The van der Waals surface area contributed by atoms with Crippen molar-refractivity contribution in [2.75, 3.05) is 12.0 Å². The lowest BCUT2D eigenvalue weighted by atomic mass is 10.3. The number of imide groups is 1. The van der Waals surface area contributed by atoms with Gasteiger partial charge in [-0.15, -0.1) is 0 Å². The number of ether oxygens (including phenoxy) is 2. The first-order valence-corrected chi connectivity index (χ1v) is 8.11. The second-order valence-corrected chi connectivity index (χ2v) is 6.18. The highest BCUT2D eigenvalue weighted by Crippen LogP contribution is 2.36. The zero-order chi connectivity index (χ0) is 18.1. The van der Waals surface area contributed by atoms with Gasteiger partial charge in [-0.1, -0.05) is 34.8 Å². The van der Waals surface area contributed by atoms with Crippen LogP contribution in [0.15, 0.2) is 53.3 Å². The molecular weight excluding hydrogens is 389 g/mol. The standard InChI is InChI=1S/C17H10Cl3NO4/c1-24-10-3-5-11(6-4-10)25-15-14(20)16(22)21(17(15)23)13-8-9(18)2-7-12(13)19/h2-8H,1H3. The van der Waals surface area contributed by atoms with Gasteiger partial charge in [-0.2, -0.15) is 0 Å². The summed E-state index contributed by atoms with van der Waals surface area (Å²) in [6.07, 6.45) is 0. The van der Waals surface area contributed by atoms with Crippen LogP contribution in [0.1, 0.15) is 0 Å². The molecule has 8 heteroatoms. The smallest absolute Gasteiger partial charge is 0.302 e. The van der Waals surface area contributed by atoms with Crippen molar-refractivity contribution < 1.29 is 19.1 Å². The van der Waals surface area contributed by atoms with Gasteiger partial charge in [0, 0.05) is 5.02 Å². The third kappa shape index (κ3) is 3.31. The van der Waals surface area contributed by atoms with E-state index >= 15 is 0 Å². The molecule has 0 bridgehead atoms. The molecule has 0 fully saturated rings. The van der Waals surface area contributed by atoms with Crippen molar-refractivity contribution in [3.8, 4) is 11.5 Å². The number of carbonyl (C=O) groups is 2. The second-order valence-electron chi connectivity index (χ2n) is 4.96. The third-order valence-electron chi connectivity index (χ3n) is 3.42. The average Bonchev–Trinajstić information content (AvgIpc) is 2.81. The number of rotatable bonds is 4. The number of amides is 2. The molecule has 0 atom stereocenters. The monoisotopic (exact) mass is 397 g/mol. The van der Waals surface area contributed by atoms with E-state index in [2.05, 4.69) is 0 Å². The Balaban J connectivity index is 1.92. The molecule has 0 saturated heterocycles. The summed E-state index contributed by atoms with van der Waals surface area (Å²) in [5.74, 6) is -0.801. The number of hydrogen-bond donors (Lipinski definition) is 0. The number of carbonyl (C=O) groups excluding carboxylic acids is 2. The molecule has 2 amide bonds. The van der Waals surface area contributed by atoms with E-state index in [1.165, 1.54) is 19.2 Å². The van der Waals surface area contributed by atoms with Crippen LogP contribution in [0.4, 0.5) is 5.69 Å². The summed E-state index contributed by atoms with van der Waals surface area (Å²) in [5.41, 5.74) is 0.135. The van der Waals surface area contributed by atoms with E-state index < -0.39 is 11.8 Å². The van der Waals surface area contributed by atoms with E-state index in [0.717, 1.165) is 4.90 Å². The zero-order valence-electron chi connectivity index (χ0n) is 12.8. The van der Waals surface area contributed by atoms with Crippen LogP contribution < -0.4 is 14.4 Å². The van der Waals surface area contributed by atoms with Crippen LogP contribution in [-0.2, 0) is 9.59 Å². The van der Waals surface area contributed by atoms with E-state index in [0.29, 0.717) is 16.5 Å². The van der Waals surface area contributed by atoms with Crippen LogP contribution >= 0.6 is 34.8 Å². The first kappa shape index (κ1) is 17.6. The summed E-state index contributed by atoms with van der Waals surface area (Å²) in [6.45, 7) is 0. The van der Waals surface area contributed by atoms with Gasteiger partial charge in [0.25, 0.3) is 5.91 Å². The number of benzene rings is 2. The topological polar surface area (TPSA) is 55.8 Å². The summed E-state index contributed by atoms with van der Waals surface area (Å²) >= 11 is 18.0. The normalized spacial score (nSPS) is 14.3. The molecule has 0 radical (unpaired) electrons. The summed E-state index contributed by atoms with van der Waals surface area (Å²) < 4.78 is 10.5. The highest BCUT2D eigenvalue weighted by Gasteiger charge is 2.41. The first-order valence-electron chi connectivity index (χ1n) is 6.98. The molecule has 2 aromatic carbocycles. The molecule has 0 spiro atoms. The van der Waals surface area contributed by atoms with Crippen molar-refractivity contribution in [3.63, 3.8) is 0 Å². The Morgan fingerprint density at radius 2 is 1.52 bits per heavy atom. The molecule has 1 heterocycles. The highest BCUT2D eigenvalue weighted by atomic mass is 35.5. The Morgan fingerprint density at radius 3 is 2.16 bits per heavy atom. The molecule has 1 aliphatic heterocycles. The summed E-state index contributed by atoms with van der Waals surface area (Å²) in [7, 11) is 1.53. The minimum atomic E-state index is -0.737. The summed E-state index contributed by atoms with van der Waals surface area (Å²) in [4.78, 5) is 25.9. The van der Waals surface area contributed by atoms with Crippen molar-refractivity contribution in [2.45, 2.75) is 0 Å². The Hall–Kier alpha value is -2.21. The van der Waals surface area contributed by atoms with Gasteiger partial charge in [0.05, 0.1) is 17.8 Å². The van der Waals surface area contributed by atoms with Crippen molar-refractivity contribution >= 4 is 52.3 Å². The van der Waals surface area contributed by atoms with E-state index in [1.807, 2.05) is 0 Å². The maximum absolute atomic E-state index is 12.6.